The van der Waals surface area contributed by atoms with Gasteiger partial charge in [-0.2, -0.15) is 0 Å². The van der Waals surface area contributed by atoms with Crippen LogP contribution in [0.5, 0.6) is 5.75 Å². The predicted molar refractivity (Wildman–Crippen MR) is 139 cm³/mol. The van der Waals surface area contributed by atoms with Crippen LogP contribution in [0.25, 0.3) is 0 Å². The zero-order chi connectivity index (χ0) is 26.7. The number of ether oxygens (including phenoxy) is 3. The summed E-state index contributed by atoms with van der Waals surface area (Å²) in [4.78, 5) is 44.9. The van der Waals surface area contributed by atoms with Crippen molar-refractivity contribution < 1.29 is 33.7 Å². The highest BCUT2D eigenvalue weighted by atomic mass is 16.6. The molecule has 0 radical (unpaired) electrons. The molecule has 1 aromatic rings. The van der Waals surface area contributed by atoms with E-state index in [9.17, 15) is 14.4 Å². The summed E-state index contributed by atoms with van der Waals surface area (Å²) in [5, 5.41) is 9.12. The number of cyclic esters (lactones) is 1. The van der Waals surface area contributed by atoms with Crippen LogP contribution in [-0.2, 0) is 23.9 Å². The van der Waals surface area contributed by atoms with E-state index in [2.05, 4.69) is 0 Å². The Hall–Kier alpha value is -3.17. The lowest BCUT2D eigenvalue weighted by Gasteiger charge is -2.35. The van der Waals surface area contributed by atoms with E-state index in [-0.39, 0.29) is 18.4 Å². The number of aliphatic hydroxyl groups is 1. The fraction of sp³-hybridized carbons (Fsp3) is 0.552. The van der Waals surface area contributed by atoms with Gasteiger partial charge in [-0.25, -0.2) is 0 Å². The van der Waals surface area contributed by atoms with Crippen LogP contribution in [0.2, 0.25) is 0 Å². The van der Waals surface area contributed by atoms with Gasteiger partial charge in [0.1, 0.15) is 23.3 Å². The Labute approximate surface area is 223 Å². The minimum Gasteiger partial charge on any atom is -0.497 e. The molecule has 0 bridgehead atoms. The third kappa shape index (κ3) is 4.62. The molecule has 4 heterocycles. The Morgan fingerprint density at radius 3 is 2.61 bits per heavy atom. The molecular formula is C29H36N2O7. The number of amides is 2. The van der Waals surface area contributed by atoms with E-state index in [4.69, 9.17) is 19.3 Å². The van der Waals surface area contributed by atoms with Crippen molar-refractivity contribution in [1.29, 1.82) is 0 Å². The highest BCUT2D eigenvalue weighted by Gasteiger charge is 2.71. The molecule has 204 valence electrons. The Morgan fingerprint density at radius 2 is 1.84 bits per heavy atom. The van der Waals surface area contributed by atoms with Gasteiger partial charge in [-0.15, -0.1) is 0 Å². The minimum atomic E-state index is -1.27. The van der Waals surface area contributed by atoms with Crippen molar-refractivity contribution in [3.05, 3.63) is 48.6 Å². The number of fused-ring (bicyclic) bond motifs is 2. The van der Waals surface area contributed by atoms with Gasteiger partial charge in [0.15, 0.2) is 0 Å². The van der Waals surface area contributed by atoms with Crippen molar-refractivity contribution in [3.8, 4) is 5.75 Å². The Bertz CT molecular complexity index is 1100. The minimum absolute atomic E-state index is 0.128. The van der Waals surface area contributed by atoms with Crippen LogP contribution in [-0.4, -0.2) is 79.0 Å². The largest absolute Gasteiger partial charge is 0.497 e. The van der Waals surface area contributed by atoms with E-state index in [0.717, 1.165) is 19.3 Å². The maximum absolute atomic E-state index is 14.3. The molecule has 0 saturated carbocycles. The van der Waals surface area contributed by atoms with Crippen molar-refractivity contribution >= 4 is 23.5 Å². The van der Waals surface area contributed by atoms with Crippen molar-refractivity contribution in [3.63, 3.8) is 0 Å². The van der Waals surface area contributed by atoms with Crippen molar-refractivity contribution in [2.75, 3.05) is 38.3 Å². The lowest BCUT2D eigenvalue weighted by molar-refractivity contribution is -0.154. The van der Waals surface area contributed by atoms with E-state index < -0.39 is 35.6 Å². The summed E-state index contributed by atoms with van der Waals surface area (Å²) in [5.74, 6) is -1.92. The number of benzene rings is 1. The molecule has 1 aromatic carbocycles. The molecule has 2 saturated heterocycles. The molecule has 1 N–H and O–H groups in total. The van der Waals surface area contributed by atoms with Crippen LogP contribution in [0, 0.1) is 11.8 Å². The molecule has 4 aliphatic rings. The smallest absolute Gasteiger partial charge is 0.312 e. The number of hydrogen-bond donors (Lipinski definition) is 1. The summed E-state index contributed by atoms with van der Waals surface area (Å²) in [5.41, 5.74) is -0.575. The lowest BCUT2D eigenvalue weighted by atomic mass is 9.78. The normalized spacial score (nSPS) is 31.5. The van der Waals surface area contributed by atoms with E-state index in [1.807, 2.05) is 36.4 Å². The van der Waals surface area contributed by atoms with Crippen LogP contribution >= 0.6 is 0 Å². The average Bonchev–Trinajstić information content (AvgIpc) is 3.33. The van der Waals surface area contributed by atoms with E-state index >= 15 is 0 Å². The summed E-state index contributed by atoms with van der Waals surface area (Å²) in [6, 6.07) is 6.33. The average molecular weight is 525 g/mol. The number of anilines is 1. The van der Waals surface area contributed by atoms with Gasteiger partial charge in [-0.05, 0) is 49.9 Å². The van der Waals surface area contributed by atoms with Crippen LogP contribution in [0.15, 0.2) is 48.6 Å². The SMILES string of the molecule is COc1ccc(N2CC=C[C@]34O[C@H]5/C=C\CCCOC(=O)[C@H]5[C@H]3C(=O)N(CCCCCCO)C4C2=O)cc1. The molecule has 38 heavy (non-hydrogen) atoms. The van der Waals surface area contributed by atoms with Gasteiger partial charge >= 0.3 is 5.97 Å². The molecule has 1 unspecified atom stereocenters. The maximum Gasteiger partial charge on any atom is 0.312 e. The summed E-state index contributed by atoms with van der Waals surface area (Å²) < 4.78 is 17.5. The lowest BCUT2D eigenvalue weighted by Crippen LogP contribution is -2.55. The first-order valence-corrected chi connectivity index (χ1v) is 13.6. The number of carbonyl (C=O) groups excluding carboxylic acids is 3. The first-order valence-electron chi connectivity index (χ1n) is 13.6. The second-order valence-corrected chi connectivity index (χ2v) is 10.3. The van der Waals surface area contributed by atoms with Crippen molar-refractivity contribution in [1.82, 2.24) is 4.90 Å². The zero-order valence-corrected chi connectivity index (χ0v) is 21.8. The van der Waals surface area contributed by atoms with Gasteiger partial charge in [0.05, 0.1) is 25.7 Å². The summed E-state index contributed by atoms with van der Waals surface area (Å²) in [7, 11) is 1.59. The maximum atomic E-state index is 14.3. The van der Waals surface area contributed by atoms with Crippen LogP contribution in [0.1, 0.15) is 38.5 Å². The van der Waals surface area contributed by atoms with Crippen molar-refractivity contribution in [2.24, 2.45) is 11.8 Å². The quantitative estimate of drug-likeness (QED) is 0.317. The second kappa shape index (κ2) is 11.3. The number of esters is 1. The summed E-state index contributed by atoms with van der Waals surface area (Å²) >= 11 is 0. The fourth-order valence-electron chi connectivity index (χ4n) is 6.23. The predicted octanol–water partition coefficient (Wildman–Crippen LogP) is 2.62. The number of unbranched alkanes of at least 4 members (excludes halogenated alkanes) is 3. The van der Waals surface area contributed by atoms with Gasteiger partial charge in [0.25, 0.3) is 5.91 Å². The first-order chi connectivity index (χ1) is 18.5. The Balaban J connectivity index is 1.52. The number of hydrogen-bond acceptors (Lipinski definition) is 7. The Kier molecular flexibility index (Phi) is 7.85. The monoisotopic (exact) mass is 524 g/mol. The van der Waals surface area contributed by atoms with Crippen molar-refractivity contribution in [2.45, 2.75) is 56.3 Å². The number of likely N-dealkylation sites (tertiary alicyclic amines) is 1. The van der Waals surface area contributed by atoms with Crippen LogP contribution in [0.4, 0.5) is 5.69 Å². The molecule has 0 aliphatic carbocycles. The number of aliphatic hydroxyl groups excluding tert-OH is 1. The number of carbonyl (C=O) groups is 3. The second-order valence-electron chi connectivity index (χ2n) is 10.3. The van der Waals surface area contributed by atoms with Gasteiger partial charge in [-0.3, -0.25) is 14.4 Å². The first kappa shape index (κ1) is 26.4. The highest BCUT2D eigenvalue weighted by Crippen LogP contribution is 2.53. The molecule has 2 fully saturated rings. The molecule has 1 spiro atoms. The summed E-state index contributed by atoms with van der Waals surface area (Å²) in [6.07, 6.45) is 11.4. The number of rotatable bonds is 8. The van der Waals surface area contributed by atoms with Crippen LogP contribution in [0.3, 0.4) is 0 Å². The van der Waals surface area contributed by atoms with Gasteiger partial charge in [-0.1, -0.05) is 37.1 Å². The molecule has 4 aliphatic heterocycles. The van der Waals surface area contributed by atoms with Crippen LogP contribution < -0.4 is 9.64 Å². The molecule has 2 amide bonds. The van der Waals surface area contributed by atoms with Gasteiger partial charge < -0.3 is 29.1 Å². The third-order valence-electron chi connectivity index (χ3n) is 8.04. The number of methoxy groups -OCH3 is 1. The van der Waals surface area contributed by atoms with Gasteiger partial charge in [0.2, 0.25) is 5.91 Å². The van der Waals surface area contributed by atoms with E-state index in [1.54, 1.807) is 29.0 Å². The van der Waals surface area contributed by atoms with Gasteiger partial charge in [0, 0.05) is 25.4 Å². The molecule has 5 rings (SSSR count). The number of allylic oxidation sites excluding steroid dienone is 1. The summed E-state index contributed by atoms with van der Waals surface area (Å²) in [6.45, 7) is 1.10. The molecule has 9 heteroatoms. The topological polar surface area (TPSA) is 106 Å². The molecule has 0 aromatic heterocycles. The highest BCUT2D eigenvalue weighted by molar-refractivity contribution is 6.05. The fourth-order valence-corrected chi connectivity index (χ4v) is 6.23. The zero-order valence-electron chi connectivity index (χ0n) is 21.8. The molecule has 5 atom stereocenters. The Morgan fingerprint density at radius 1 is 1.05 bits per heavy atom. The van der Waals surface area contributed by atoms with E-state index in [0.29, 0.717) is 50.4 Å². The number of nitrogens with zero attached hydrogens (tertiary/aromatic N) is 2. The standard InChI is InChI=1S/C29H36N2O7/c1-36-21-13-11-20(12-14-21)30-17-9-15-29-24(23-22(38-29)10-5-4-8-19-37-28(23)35)26(33)31(25(29)27(30)34)16-6-2-3-7-18-32/h5,9-15,22-25,32H,2-4,6-8,16-19H2,1H3/b10-5-/t22-,23+,24-,25?,29-/m0/s1. The third-order valence-corrected chi connectivity index (χ3v) is 8.04. The molecular weight excluding hydrogens is 488 g/mol. The van der Waals surface area contributed by atoms with E-state index in [1.165, 1.54) is 0 Å². The molecule has 9 nitrogen and oxygen atoms in total.